The van der Waals surface area contributed by atoms with Gasteiger partial charge in [0, 0.05) is 25.0 Å². The van der Waals surface area contributed by atoms with Crippen molar-refractivity contribution in [1.82, 2.24) is 9.88 Å². The molecule has 2 unspecified atom stereocenters. The van der Waals surface area contributed by atoms with E-state index in [2.05, 4.69) is 34.5 Å². The molecule has 1 aliphatic heterocycles. The maximum atomic E-state index is 12.3. The Morgan fingerprint density at radius 3 is 2.69 bits per heavy atom. The molecule has 3 rings (SSSR count). The third kappa shape index (κ3) is 4.80. The number of anilines is 2. The number of carbonyl (C=O) groups excluding carboxylic acids is 1. The van der Waals surface area contributed by atoms with E-state index < -0.39 is 0 Å². The number of hydrogen-bond acceptors (Lipinski definition) is 5. The molecule has 2 aromatic rings. The lowest BCUT2D eigenvalue weighted by molar-refractivity contribution is -0.0259. The highest BCUT2D eigenvalue weighted by atomic mass is 16.5. The summed E-state index contributed by atoms with van der Waals surface area (Å²) in [6.07, 6.45) is 1.71. The van der Waals surface area contributed by atoms with Crippen molar-refractivity contribution in [2.24, 2.45) is 0 Å². The van der Waals surface area contributed by atoms with Gasteiger partial charge in [-0.3, -0.25) is 4.79 Å². The van der Waals surface area contributed by atoms with Crippen LogP contribution in [-0.2, 0) is 4.74 Å². The highest BCUT2D eigenvalue weighted by molar-refractivity contribution is 6.04. The molecule has 0 bridgehead atoms. The predicted molar refractivity (Wildman–Crippen MR) is 104 cm³/mol. The Bertz CT molecular complexity index is 730. The largest absolute Gasteiger partial charge is 0.373 e. The summed E-state index contributed by atoms with van der Waals surface area (Å²) in [5.74, 6) is 0.569. The number of aromatic nitrogens is 1. The molecule has 0 radical (unpaired) electrons. The number of benzene rings is 1. The summed E-state index contributed by atoms with van der Waals surface area (Å²) in [6, 6.07) is 11.4. The van der Waals surface area contributed by atoms with Gasteiger partial charge in [-0.1, -0.05) is 17.7 Å². The molecule has 1 aliphatic rings. The van der Waals surface area contributed by atoms with Crippen LogP contribution in [0.1, 0.15) is 22.8 Å². The van der Waals surface area contributed by atoms with E-state index in [-0.39, 0.29) is 18.1 Å². The van der Waals surface area contributed by atoms with E-state index in [4.69, 9.17) is 4.74 Å². The molecular weight excluding hydrogens is 328 g/mol. The first-order chi connectivity index (χ1) is 12.5. The molecule has 0 saturated carbocycles. The van der Waals surface area contributed by atoms with E-state index in [1.807, 2.05) is 37.3 Å². The van der Waals surface area contributed by atoms with Gasteiger partial charge in [-0.25, -0.2) is 4.98 Å². The van der Waals surface area contributed by atoms with Crippen molar-refractivity contribution in [1.29, 1.82) is 0 Å². The van der Waals surface area contributed by atoms with E-state index in [0.29, 0.717) is 5.56 Å². The number of morpholine rings is 1. The smallest absolute Gasteiger partial charge is 0.257 e. The summed E-state index contributed by atoms with van der Waals surface area (Å²) < 4.78 is 5.82. The number of carbonyl (C=O) groups is 1. The summed E-state index contributed by atoms with van der Waals surface area (Å²) >= 11 is 0. The predicted octanol–water partition coefficient (Wildman–Crippen LogP) is 2.77. The fraction of sp³-hybridized carbons (Fsp3) is 0.400. The maximum absolute atomic E-state index is 12.3. The first-order valence-corrected chi connectivity index (χ1v) is 8.92. The van der Waals surface area contributed by atoms with Crippen molar-refractivity contribution >= 4 is 17.4 Å². The molecule has 1 aromatic heterocycles. The van der Waals surface area contributed by atoms with Crippen molar-refractivity contribution in [3.63, 3.8) is 0 Å². The zero-order valence-electron chi connectivity index (χ0n) is 15.5. The molecule has 6 nitrogen and oxygen atoms in total. The van der Waals surface area contributed by atoms with Gasteiger partial charge in [0.15, 0.2) is 0 Å². The number of aryl methyl sites for hydroxylation is 1. The number of nitrogens with zero attached hydrogens (tertiary/aromatic N) is 2. The monoisotopic (exact) mass is 354 g/mol. The Labute approximate surface area is 154 Å². The Morgan fingerprint density at radius 2 is 2.04 bits per heavy atom. The van der Waals surface area contributed by atoms with Crippen LogP contribution in [0.3, 0.4) is 0 Å². The lowest BCUT2D eigenvalue weighted by atomic mass is 10.1. The molecule has 0 spiro atoms. The minimum Gasteiger partial charge on any atom is -0.373 e. The number of ether oxygens (including phenoxy) is 1. The van der Waals surface area contributed by atoms with Gasteiger partial charge in [0.25, 0.3) is 5.91 Å². The zero-order chi connectivity index (χ0) is 18.5. The van der Waals surface area contributed by atoms with E-state index in [1.54, 1.807) is 12.3 Å². The van der Waals surface area contributed by atoms with Gasteiger partial charge < -0.3 is 20.3 Å². The molecule has 6 heteroatoms. The summed E-state index contributed by atoms with van der Waals surface area (Å²) in [5, 5.41) is 6.24. The van der Waals surface area contributed by atoms with Crippen LogP contribution in [0.2, 0.25) is 0 Å². The van der Waals surface area contributed by atoms with E-state index in [1.165, 1.54) is 0 Å². The van der Waals surface area contributed by atoms with E-state index in [9.17, 15) is 4.79 Å². The van der Waals surface area contributed by atoms with Crippen molar-refractivity contribution in [3.05, 3.63) is 53.7 Å². The van der Waals surface area contributed by atoms with Crippen molar-refractivity contribution in [3.8, 4) is 0 Å². The van der Waals surface area contributed by atoms with Crippen LogP contribution in [0.5, 0.6) is 0 Å². The molecule has 2 heterocycles. The van der Waals surface area contributed by atoms with Gasteiger partial charge in [-0.05, 0) is 45.2 Å². The lowest BCUT2D eigenvalue weighted by Gasteiger charge is -2.34. The Morgan fingerprint density at radius 1 is 1.27 bits per heavy atom. The molecule has 1 amide bonds. The van der Waals surface area contributed by atoms with Crippen LogP contribution < -0.4 is 10.6 Å². The highest BCUT2D eigenvalue weighted by Crippen LogP contribution is 2.14. The third-order valence-electron chi connectivity index (χ3n) is 4.56. The second kappa shape index (κ2) is 8.29. The summed E-state index contributed by atoms with van der Waals surface area (Å²) in [6.45, 7) is 6.71. The number of amides is 1. The standard InChI is InChI=1S/C20H26N4O2/c1-14-4-7-17(8-5-14)23-20(25)16-6-9-19(21-12-16)22-15(2)18-13-24(3)10-11-26-18/h4-9,12,15,18H,10-11,13H2,1-3H3,(H,21,22)(H,23,25). The Kier molecular flexibility index (Phi) is 5.85. The Balaban J connectivity index is 1.57. The fourth-order valence-corrected chi connectivity index (χ4v) is 2.89. The van der Waals surface area contributed by atoms with Gasteiger partial charge in [0.2, 0.25) is 0 Å². The van der Waals surface area contributed by atoms with Crippen LogP contribution in [-0.4, -0.2) is 54.7 Å². The minimum absolute atomic E-state index is 0.125. The molecule has 1 fully saturated rings. The van der Waals surface area contributed by atoms with Crippen LogP contribution in [0.4, 0.5) is 11.5 Å². The third-order valence-corrected chi connectivity index (χ3v) is 4.56. The van der Waals surface area contributed by atoms with Gasteiger partial charge in [0.05, 0.1) is 24.3 Å². The van der Waals surface area contributed by atoms with Crippen LogP contribution in [0.15, 0.2) is 42.6 Å². The number of nitrogens with one attached hydrogen (secondary N) is 2. The van der Waals surface area contributed by atoms with Crippen LogP contribution in [0.25, 0.3) is 0 Å². The fourth-order valence-electron chi connectivity index (χ4n) is 2.89. The molecule has 138 valence electrons. The second-order valence-corrected chi connectivity index (χ2v) is 6.86. The maximum Gasteiger partial charge on any atom is 0.257 e. The van der Waals surface area contributed by atoms with Crippen molar-refractivity contribution < 1.29 is 9.53 Å². The first kappa shape index (κ1) is 18.4. The van der Waals surface area contributed by atoms with Gasteiger partial charge in [-0.15, -0.1) is 0 Å². The normalized spacial score (nSPS) is 19.0. The number of likely N-dealkylation sites (N-methyl/N-ethyl adjacent to an activating group) is 1. The molecule has 0 aliphatic carbocycles. The number of hydrogen-bond donors (Lipinski definition) is 2. The molecule has 1 saturated heterocycles. The molecule has 2 N–H and O–H groups in total. The lowest BCUT2D eigenvalue weighted by Crippen LogP contribution is -2.47. The minimum atomic E-state index is -0.168. The van der Waals surface area contributed by atoms with Gasteiger partial charge in [0.1, 0.15) is 5.82 Å². The molecule has 26 heavy (non-hydrogen) atoms. The average Bonchev–Trinajstić information content (AvgIpc) is 2.64. The summed E-state index contributed by atoms with van der Waals surface area (Å²) in [4.78, 5) is 18.9. The summed E-state index contributed by atoms with van der Waals surface area (Å²) in [5.41, 5.74) is 2.45. The molecular formula is C20H26N4O2. The average molecular weight is 354 g/mol. The zero-order valence-corrected chi connectivity index (χ0v) is 15.5. The van der Waals surface area contributed by atoms with Crippen molar-refractivity contribution in [2.45, 2.75) is 26.0 Å². The Hall–Kier alpha value is -2.44. The molecule has 1 aromatic carbocycles. The topological polar surface area (TPSA) is 66.5 Å². The number of rotatable bonds is 5. The van der Waals surface area contributed by atoms with Crippen LogP contribution in [0, 0.1) is 6.92 Å². The van der Waals surface area contributed by atoms with Crippen molar-refractivity contribution in [2.75, 3.05) is 37.4 Å². The quantitative estimate of drug-likeness (QED) is 0.864. The highest BCUT2D eigenvalue weighted by Gasteiger charge is 2.23. The molecule has 2 atom stereocenters. The summed E-state index contributed by atoms with van der Waals surface area (Å²) in [7, 11) is 2.10. The van der Waals surface area contributed by atoms with E-state index in [0.717, 1.165) is 36.8 Å². The van der Waals surface area contributed by atoms with Gasteiger partial charge >= 0.3 is 0 Å². The van der Waals surface area contributed by atoms with Crippen LogP contribution >= 0.6 is 0 Å². The van der Waals surface area contributed by atoms with Gasteiger partial charge in [-0.2, -0.15) is 0 Å². The second-order valence-electron chi connectivity index (χ2n) is 6.86. The number of pyridine rings is 1. The SMILES string of the molecule is Cc1ccc(NC(=O)c2ccc(NC(C)C3CN(C)CCO3)nc2)cc1. The first-order valence-electron chi connectivity index (χ1n) is 8.92. The van der Waals surface area contributed by atoms with E-state index >= 15 is 0 Å².